The van der Waals surface area contributed by atoms with Gasteiger partial charge in [0.05, 0.1) is 6.61 Å². The third-order valence-electron chi connectivity index (χ3n) is 3.54. The van der Waals surface area contributed by atoms with Crippen molar-refractivity contribution in [1.29, 1.82) is 0 Å². The predicted octanol–water partition coefficient (Wildman–Crippen LogP) is 4.22. The summed E-state index contributed by atoms with van der Waals surface area (Å²) in [5.74, 6) is 0.505. The number of nitrogens with one attached hydrogen (secondary N) is 2. The molecule has 0 aliphatic carbocycles. The Hall–Kier alpha value is -2.40. The van der Waals surface area contributed by atoms with Crippen LogP contribution in [0.25, 0.3) is 0 Å². The van der Waals surface area contributed by atoms with E-state index in [4.69, 9.17) is 17.0 Å². The fourth-order valence-electron chi connectivity index (χ4n) is 2.25. The molecule has 1 amide bonds. The first-order valence-electron chi connectivity index (χ1n) is 7.92. The summed E-state index contributed by atoms with van der Waals surface area (Å²) in [7, 11) is 0. The number of thiocarbonyl (C=S) groups is 1. The van der Waals surface area contributed by atoms with Crippen LogP contribution in [0.5, 0.6) is 5.75 Å². The predicted molar refractivity (Wildman–Crippen MR) is 102 cm³/mol. The zero-order chi connectivity index (χ0) is 17.5. The van der Waals surface area contributed by atoms with Gasteiger partial charge in [-0.05, 0) is 67.9 Å². The molecule has 2 N–H and O–H groups in total. The van der Waals surface area contributed by atoms with Crippen LogP contribution in [0.4, 0.5) is 5.69 Å². The third-order valence-corrected chi connectivity index (χ3v) is 3.74. The highest BCUT2D eigenvalue weighted by Gasteiger charge is 2.10. The Morgan fingerprint density at radius 2 is 1.71 bits per heavy atom. The van der Waals surface area contributed by atoms with Crippen molar-refractivity contribution in [3.63, 3.8) is 0 Å². The fourth-order valence-corrected chi connectivity index (χ4v) is 2.45. The first-order chi connectivity index (χ1) is 11.5. The van der Waals surface area contributed by atoms with Crippen molar-refractivity contribution >= 4 is 28.9 Å². The average molecular weight is 342 g/mol. The van der Waals surface area contributed by atoms with Gasteiger partial charge in [-0.2, -0.15) is 0 Å². The topological polar surface area (TPSA) is 50.4 Å². The number of amides is 1. The number of rotatable bonds is 5. The van der Waals surface area contributed by atoms with Crippen LogP contribution in [0.2, 0.25) is 0 Å². The van der Waals surface area contributed by atoms with Gasteiger partial charge in [-0.3, -0.25) is 10.1 Å². The lowest BCUT2D eigenvalue weighted by Crippen LogP contribution is -2.34. The molecule has 0 saturated carbocycles. The van der Waals surface area contributed by atoms with Crippen LogP contribution in [0, 0.1) is 13.8 Å². The first-order valence-corrected chi connectivity index (χ1v) is 8.33. The summed E-state index contributed by atoms with van der Waals surface area (Å²) in [5, 5.41) is 6.08. The van der Waals surface area contributed by atoms with Gasteiger partial charge in [-0.25, -0.2) is 0 Å². The van der Waals surface area contributed by atoms with E-state index in [1.54, 1.807) is 24.3 Å². The number of ether oxygens (including phenoxy) is 1. The molecule has 2 aromatic carbocycles. The number of carbonyl (C=O) groups excluding carboxylic acids is 1. The minimum absolute atomic E-state index is 0.249. The van der Waals surface area contributed by atoms with Crippen LogP contribution in [0.15, 0.2) is 42.5 Å². The molecule has 0 heterocycles. The molecule has 0 unspecified atom stereocenters. The Kier molecular flexibility index (Phi) is 6.32. The molecule has 0 aliphatic rings. The van der Waals surface area contributed by atoms with E-state index in [0.717, 1.165) is 29.0 Å². The second kappa shape index (κ2) is 8.45. The maximum atomic E-state index is 12.3. The molecule has 5 heteroatoms. The highest BCUT2D eigenvalue weighted by molar-refractivity contribution is 7.80. The summed E-state index contributed by atoms with van der Waals surface area (Å²) in [6, 6.07) is 13.0. The van der Waals surface area contributed by atoms with E-state index >= 15 is 0 Å². The van der Waals surface area contributed by atoms with Gasteiger partial charge >= 0.3 is 0 Å². The van der Waals surface area contributed by atoms with Gasteiger partial charge in [0.1, 0.15) is 5.75 Å². The molecule has 24 heavy (non-hydrogen) atoms. The van der Waals surface area contributed by atoms with E-state index in [1.165, 1.54) is 0 Å². The molecular formula is C19H22N2O2S. The molecule has 0 aromatic heterocycles. The highest BCUT2D eigenvalue weighted by Crippen LogP contribution is 2.19. The van der Waals surface area contributed by atoms with Crippen LogP contribution in [0.3, 0.4) is 0 Å². The average Bonchev–Trinajstić information content (AvgIpc) is 2.57. The number of anilines is 1. The zero-order valence-electron chi connectivity index (χ0n) is 14.2. The van der Waals surface area contributed by atoms with Gasteiger partial charge in [0.2, 0.25) is 0 Å². The van der Waals surface area contributed by atoms with Crippen molar-refractivity contribution in [2.45, 2.75) is 27.2 Å². The summed E-state index contributed by atoms with van der Waals surface area (Å²) in [6.07, 6.45) is 0.945. The Morgan fingerprint density at radius 1 is 1.08 bits per heavy atom. The summed E-state index contributed by atoms with van der Waals surface area (Å²) >= 11 is 5.25. The Morgan fingerprint density at radius 3 is 2.29 bits per heavy atom. The largest absolute Gasteiger partial charge is 0.494 e. The van der Waals surface area contributed by atoms with Crippen LogP contribution < -0.4 is 15.4 Å². The second-order valence-corrected chi connectivity index (χ2v) is 5.96. The minimum atomic E-state index is -0.249. The SMILES string of the molecule is CCCOc1ccc(C(=O)NC(=S)Nc2c(C)cccc2C)cc1. The maximum Gasteiger partial charge on any atom is 0.257 e. The number of aryl methyl sites for hydroxylation is 2. The lowest BCUT2D eigenvalue weighted by atomic mass is 10.1. The zero-order valence-corrected chi connectivity index (χ0v) is 15.0. The molecule has 0 bridgehead atoms. The molecule has 2 aromatic rings. The van der Waals surface area contributed by atoms with Crippen LogP contribution in [0.1, 0.15) is 34.8 Å². The summed E-state index contributed by atoms with van der Waals surface area (Å²) in [5.41, 5.74) is 3.60. The number of carbonyl (C=O) groups is 1. The normalized spacial score (nSPS) is 10.1. The van der Waals surface area contributed by atoms with Crippen molar-refractivity contribution in [2.24, 2.45) is 0 Å². The molecule has 0 aliphatic heterocycles. The summed E-state index contributed by atoms with van der Waals surface area (Å²) in [4.78, 5) is 12.3. The van der Waals surface area contributed by atoms with Gasteiger partial charge < -0.3 is 10.1 Å². The van der Waals surface area contributed by atoms with Crippen molar-refractivity contribution in [1.82, 2.24) is 5.32 Å². The molecule has 0 spiro atoms. The van der Waals surface area contributed by atoms with Crippen molar-refractivity contribution in [3.8, 4) is 5.75 Å². The highest BCUT2D eigenvalue weighted by atomic mass is 32.1. The van der Waals surface area contributed by atoms with E-state index in [2.05, 4.69) is 10.6 Å². The number of hydrogen-bond acceptors (Lipinski definition) is 3. The van der Waals surface area contributed by atoms with E-state index in [-0.39, 0.29) is 11.0 Å². The number of para-hydroxylation sites is 1. The lowest BCUT2D eigenvalue weighted by molar-refractivity contribution is 0.0977. The van der Waals surface area contributed by atoms with Gasteiger partial charge in [-0.15, -0.1) is 0 Å². The van der Waals surface area contributed by atoms with Gasteiger partial charge in [-0.1, -0.05) is 25.1 Å². The van der Waals surface area contributed by atoms with E-state index in [9.17, 15) is 4.79 Å². The van der Waals surface area contributed by atoms with E-state index < -0.39 is 0 Å². The molecule has 0 saturated heterocycles. The van der Waals surface area contributed by atoms with Crippen LogP contribution in [-0.2, 0) is 0 Å². The van der Waals surface area contributed by atoms with Crippen molar-refractivity contribution < 1.29 is 9.53 Å². The minimum Gasteiger partial charge on any atom is -0.494 e. The summed E-state index contributed by atoms with van der Waals surface area (Å²) < 4.78 is 5.51. The molecule has 0 radical (unpaired) electrons. The monoisotopic (exact) mass is 342 g/mol. The van der Waals surface area contributed by atoms with Crippen LogP contribution >= 0.6 is 12.2 Å². The van der Waals surface area contributed by atoms with Gasteiger partial charge in [0, 0.05) is 11.3 Å². The Balaban J connectivity index is 1.97. The second-order valence-electron chi connectivity index (χ2n) is 5.55. The Bertz CT molecular complexity index is 706. The molecule has 2 rings (SSSR count). The third kappa shape index (κ3) is 4.80. The lowest BCUT2D eigenvalue weighted by Gasteiger charge is -2.14. The van der Waals surface area contributed by atoms with Gasteiger partial charge in [0.25, 0.3) is 5.91 Å². The van der Waals surface area contributed by atoms with Crippen LogP contribution in [-0.4, -0.2) is 17.6 Å². The quantitative estimate of drug-likeness (QED) is 0.799. The smallest absolute Gasteiger partial charge is 0.257 e. The van der Waals surface area contributed by atoms with E-state index in [1.807, 2.05) is 39.0 Å². The standard InChI is InChI=1S/C19H22N2O2S/c1-4-12-23-16-10-8-15(9-11-16)18(22)21-19(24)20-17-13(2)6-5-7-14(17)3/h5-11H,4,12H2,1-3H3,(H2,20,21,22,24). The van der Waals surface area contributed by atoms with Crippen molar-refractivity contribution in [3.05, 3.63) is 59.2 Å². The fraction of sp³-hybridized carbons (Fsp3) is 0.263. The molecule has 4 nitrogen and oxygen atoms in total. The van der Waals surface area contributed by atoms with Gasteiger partial charge in [0.15, 0.2) is 5.11 Å². The molecular weight excluding hydrogens is 320 g/mol. The number of benzene rings is 2. The maximum absolute atomic E-state index is 12.3. The van der Waals surface area contributed by atoms with E-state index in [0.29, 0.717) is 12.2 Å². The first kappa shape index (κ1) is 17.9. The summed E-state index contributed by atoms with van der Waals surface area (Å²) in [6.45, 7) is 6.70. The Labute approximate surface area is 148 Å². The molecule has 126 valence electrons. The molecule has 0 atom stereocenters. The number of hydrogen-bond donors (Lipinski definition) is 2. The van der Waals surface area contributed by atoms with Crippen molar-refractivity contribution in [2.75, 3.05) is 11.9 Å². The molecule has 0 fully saturated rings.